The van der Waals surface area contributed by atoms with Crippen LogP contribution in [0.3, 0.4) is 0 Å². The first-order chi connectivity index (χ1) is 22.2. The summed E-state index contributed by atoms with van der Waals surface area (Å²) in [5.74, 6) is -1.91. The molecule has 4 heterocycles. The van der Waals surface area contributed by atoms with Gasteiger partial charge in [0.15, 0.2) is 0 Å². The standard InChI is InChI=1S/C36H45F4N5O2/c1-23-41-29-10-5-6-11-30(29)45(23)28-21-26-12-13-27(22-28)44(26)19-16-35(24-8-7-9-25(37)20-24)14-17-43(18-15-35)32(46)31(34(2,3)4)42-33(47)36(38,39)40/h5-11,20,26-28,31H,12-19,21-22H2,1-4H3,(H,42,47)/t26-,27+,28?,31-/m1/s1. The maximum absolute atomic E-state index is 14.6. The van der Waals surface area contributed by atoms with Crippen LogP contribution in [0.25, 0.3) is 11.0 Å². The van der Waals surface area contributed by atoms with Crippen LogP contribution in [-0.4, -0.2) is 75.1 Å². The minimum atomic E-state index is -5.09. The number of aromatic nitrogens is 2. The van der Waals surface area contributed by atoms with Crippen LogP contribution >= 0.6 is 0 Å². The van der Waals surface area contributed by atoms with E-state index in [9.17, 15) is 27.2 Å². The number of alkyl halides is 3. The summed E-state index contributed by atoms with van der Waals surface area (Å²) in [5.41, 5.74) is 1.78. The minimum absolute atomic E-state index is 0.311. The minimum Gasteiger partial charge on any atom is -0.341 e. The van der Waals surface area contributed by atoms with Crippen LogP contribution in [-0.2, 0) is 15.0 Å². The van der Waals surface area contributed by atoms with Crippen molar-refractivity contribution in [3.63, 3.8) is 0 Å². The lowest BCUT2D eigenvalue weighted by molar-refractivity contribution is -0.176. The van der Waals surface area contributed by atoms with Crippen LogP contribution in [0.4, 0.5) is 17.6 Å². The molecule has 0 radical (unpaired) electrons. The first-order valence-electron chi connectivity index (χ1n) is 16.8. The molecule has 11 heteroatoms. The quantitative estimate of drug-likeness (QED) is 0.288. The Balaban J connectivity index is 1.17. The van der Waals surface area contributed by atoms with E-state index in [0.717, 1.165) is 55.6 Å². The van der Waals surface area contributed by atoms with E-state index in [4.69, 9.17) is 4.98 Å². The van der Waals surface area contributed by atoms with Gasteiger partial charge in [-0.3, -0.25) is 14.5 Å². The molecule has 2 amide bonds. The largest absolute Gasteiger partial charge is 0.471 e. The highest BCUT2D eigenvalue weighted by Gasteiger charge is 2.47. The van der Waals surface area contributed by atoms with E-state index in [1.165, 1.54) is 11.6 Å². The number of carbonyl (C=O) groups excluding carboxylic acids is 2. The predicted molar refractivity (Wildman–Crippen MR) is 172 cm³/mol. The van der Waals surface area contributed by atoms with Gasteiger partial charge in [0.1, 0.15) is 17.7 Å². The summed E-state index contributed by atoms with van der Waals surface area (Å²) in [7, 11) is 0. The second-order valence-electron chi connectivity index (χ2n) is 14.9. The highest BCUT2D eigenvalue weighted by molar-refractivity contribution is 5.90. The molecule has 3 aromatic rings. The molecule has 1 unspecified atom stereocenters. The Morgan fingerprint density at radius 3 is 2.26 bits per heavy atom. The molecule has 0 spiro atoms. The second kappa shape index (κ2) is 12.5. The van der Waals surface area contributed by atoms with Crippen molar-refractivity contribution in [1.29, 1.82) is 0 Å². The number of piperidine rings is 2. The van der Waals surface area contributed by atoms with Gasteiger partial charge < -0.3 is 14.8 Å². The number of amides is 2. The number of carbonyl (C=O) groups is 2. The number of benzene rings is 2. The number of aryl methyl sites for hydroxylation is 1. The molecule has 1 N–H and O–H groups in total. The van der Waals surface area contributed by atoms with Crippen LogP contribution < -0.4 is 5.32 Å². The average Bonchev–Trinajstić information content (AvgIpc) is 3.47. The zero-order valence-corrected chi connectivity index (χ0v) is 27.6. The number of halogens is 4. The summed E-state index contributed by atoms with van der Waals surface area (Å²) in [6.45, 7) is 8.48. The molecule has 2 aromatic carbocycles. The van der Waals surface area contributed by atoms with Crippen LogP contribution in [0.15, 0.2) is 48.5 Å². The van der Waals surface area contributed by atoms with Crippen molar-refractivity contribution in [3.8, 4) is 0 Å². The van der Waals surface area contributed by atoms with E-state index in [1.807, 2.05) is 17.4 Å². The molecular formula is C36H45F4N5O2. The summed E-state index contributed by atoms with van der Waals surface area (Å²) < 4.78 is 56.4. The molecule has 1 aromatic heterocycles. The summed E-state index contributed by atoms with van der Waals surface area (Å²) in [4.78, 5) is 34.5. The lowest BCUT2D eigenvalue weighted by atomic mass is 9.70. The van der Waals surface area contributed by atoms with Crippen LogP contribution in [0, 0.1) is 18.2 Å². The molecule has 47 heavy (non-hydrogen) atoms. The summed E-state index contributed by atoms with van der Waals surface area (Å²) in [6.07, 6.45) is 1.18. The SMILES string of the molecule is Cc1nc2ccccc2n1C1C[C@H]2CC[C@@H](C1)N2CCC1(c2cccc(F)c2)CCN(C(=O)[C@@H](NC(=O)C(F)(F)F)C(C)(C)C)CC1. The maximum Gasteiger partial charge on any atom is 0.471 e. The molecular weight excluding hydrogens is 610 g/mol. The predicted octanol–water partition coefficient (Wildman–Crippen LogP) is 6.70. The Morgan fingerprint density at radius 1 is 0.979 bits per heavy atom. The number of rotatable bonds is 7. The molecule has 3 fully saturated rings. The zero-order chi connectivity index (χ0) is 33.7. The van der Waals surface area contributed by atoms with Gasteiger partial charge in [-0.05, 0) is 99.1 Å². The molecule has 6 rings (SSSR count). The van der Waals surface area contributed by atoms with E-state index < -0.39 is 34.9 Å². The van der Waals surface area contributed by atoms with E-state index in [2.05, 4.69) is 34.6 Å². The van der Waals surface area contributed by atoms with Gasteiger partial charge in [-0.25, -0.2) is 9.37 Å². The fourth-order valence-electron chi connectivity index (χ4n) is 8.49. The van der Waals surface area contributed by atoms with Crippen molar-refractivity contribution in [3.05, 3.63) is 65.7 Å². The monoisotopic (exact) mass is 655 g/mol. The number of nitrogens with zero attached hydrogens (tertiary/aromatic N) is 4. The number of nitrogens with one attached hydrogen (secondary N) is 1. The van der Waals surface area contributed by atoms with Crippen molar-refractivity contribution in [2.45, 2.75) is 108 Å². The summed E-state index contributed by atoms with van der Waals surface area (Å²) in [6, 6.07) is 14.9. The molecule has 4 atom stereocenters. The van der Waals surface area contributed by atoms with Gasteiger partial charge in [0.05, 0.1) is 11.0 Å². The number of likely N-dealkylation sites (tertiary alicyclic amines) is 1. The van der Waals surface area contributed by atoms with E-state index >= 15 is 0 Å². The van der Waals surface area contributed by atoms with E-state index in [-0.39, 0.29) is 5.82 Å². The van der Waals surface area contributed by atoms with E-state index in [1.54, 1.807) is 37.8 Å². The average molecular weight is 656 g/mol. The second-order valence-corrected chi connectivity index (χ2v) is 14.9. The zero-order valence-electron chi connectivity index (χ0n) is 27.6. The van der Waals surface area contributed by atoms with Crippen LogP contribution in [0.2, 0.25) is 0 Å². The topological polar surface area (TPSA) is 70.5 Å². The summed E-state index contributed by atoms with van der Waals surface area (Å²) >= 11 is 0. The van der Waals surface area contributed by atoms with Crippen LogP contribution in [0.5, 0.6) is 0 Å². The lowest BCUT2D eigenvalue weighted by Gasteiger charge is -2.46. The molecule has 7 nitrogen and oxygen atoms in total. The molecule has 3 saturated heterocycles. The van der Waals surface area contributed by atoms with Gasteiger partial charge in [0.25, 0.3) is 0 Å². The van der Waals surface area contributed by atoms with Gasteiger partial charge in [-0.2, -0.15) is 13.2 Å². The third-order valence-electron chi connectivity index (χ3n) is 11.0. The highest BCUT2D eigenvalue weighted by atomic mass is 19.4. The third-order valence-corrected chi connectivity index (χ3v) is 11.0. The number of imidazole rings is 1. The number of para-hydroxylation sites is 2. The molecule has 3 aliphatic rings. The number of hydrogen-bond acceptors (Lipinski definition) is 4. The Labute approximate surface area is 273 Å². The highest BCUT2D eigenvalue weighted by Crippen LogP contribution is 2.45. The molecule has 254 valence electrons. The van der Waals surface area contributed by atoms with Gasteiger partial charge in [0.2, 0.25) is 5.91 Å². The van der Waals surface area contributed by atoms with Gasteiger partial charge in [-0.1, -0.05) is 45.0 Å². The number of fused-ring (bicyclic) bond motifs is 3. The Kier molecular flexibility index (Phi) is 8.91. The fourth-order valence-corrected chi connectivity index (χ4v) is 8.49. The van der Waals surface area contributed by atoms with Gasteiger partial charge >= 0.3 is 12.1 Å². The van der Waals surface area contributed by atoms with Gasteiger partial charge in [-0.15, -0.1) is 0 Å². The Morgan fingerprint density at radius 2 is 1.64 bits per heavy atom. The normalized spacial score (nSPS) is 24.0. The first kappa shape index (κ1) is 33.4. The van der Waals surface area contributed by atoms with Crippen LogP contribution in [0.1, 0.15) is 83.1 Å². The smallest absolute Gasteiger partial charge is 0.341 e. The van der Waals surface area contributed by atoms with Crippen molar-refractivity contribution in [2.24, 2.45) is 5.41 Å². The Bertz CT molecular complexity index is 1610. The van der Waals surface area contributed by atoms with Crippen molar-refractivity contribution in [2.75, 3.05) is 19.6 Å². The molecule has 3 aliphatic heterocycles. The lowest BCUT2D eigenvalue weighted by Crippen LogP contribution is -2.59. The van der Waals surface area contributed by atoms with Crippen molar-refractivity contribution in [1.82, 2.24) is 24.7 Å². The molecule has 0 saturated carbocycles. The molecule has 0 aliphatic carbocycles. The third kappa shape index (κ3) is 6.65. The Hall–Kier alpha value is -3.47. The summed E-state index contributed by atoms with van der Waals surface area (Å²) in [5, 5.41) is 1.95. The van der Waals surface area contributed by atoms with Crippen molar-refractivity contribution >= 4 is 22.8 Å². The number of hydrogen-bond donors (Lipinski definition) is 1. The van der Waals surface area contributed by atoms with Crippen molar-refractivity contribution < 1.29 is 27.2 Å². The van der Waals surface area contributed by atoms with Gasteiger partial charge in [0, 0.05) is 31.2 Å². The maximum atomic E-state index is 14.6. The van der Waals surface area contributed by atoms with E-state index in [0.29, 0.717) is 44.1 Å². The fraction of sp³-hybridized carbons (Fsp3) is 0.583. The first-order valence-corrected chi connectivity index (χ1v) is 16.8. The molecule has 2 bridgehead atoms.